The molecule has 0 aliphatic carbocycles. The molecule has 4 N–H and O–H groups in total. The van der Waals surface area contributed by atoms with E-state index in [0.29, 0.717) is 22.8 Å². The summed E-state index contributed by atoms with van der Waals surface area (Å²) in [6.45, 7) is 0.00893. The highest BCUT2D eigenvalue weighted by molar-refractivity contribution is 9.11. The molecule has 0 spiro atoms. The molecule has 1 amide bonds. The predicted octanol–water partition coefficient (Wildman–Crippen LogP) is 3.87. The molecule has 0 fully saturated rings. The molecule has 1 heterocycles. The minimum Gasteiger partial charge on any atom is -0.482 e. The molecular formula is C14H11Br2N3O2. The van der Waals surface area contributed by atoms with Gasteiger partial charge in [0.15, 0.2) is 6.61 Å². The van der Waals surface area contributed by atoms with Crippen molar-refractivity contribution in [2.45, 2.75) is 0 Å². The molecule has 1 aliphatic rings. The number of hydrogen-bond acceptors (Lipinski definition) is 4. The molecule has 3 rings (SSSR count). The Kier molecular flexibility index (Phi) is 3.77. The number of amides is 1. The summed E-state index contributed by atoms with van der Waals surface area (Å²) in [6, 6.07) is 9.22. The monoisotopic (exact) mass is 411 g/mol. The third kappa shape index (κ3) is 2.84. The smallest absolute Gasteiger partial charge is 0.262 e. The number of rotatable bonds is 2. The van der Waals surface area contributed by atoms with Crippen molar-refractivity contribution in [2.75, 3.05) is 23.0 Å². The number of ether oxygens (including phenoxy) is 1. The topological polar surface area (TPSA) is 76.4 Å². The van der Waals surface area contributed by atoms with Gasteiger partial charge < -0.3 is 21.1 Å². The predicted molar refractivity (Wildman–Crippen MR) is 90.1 cm³/mol. The summed E-state index contributed by atoms with van der Waals surface area (Å²) in [5.41, 5.74) is 8.72. The van der Waals surface area contributed by atoms with Crippen LogP contribution in [0.1, 0.15) is 0 Å². The zero-order valence-corrected chi connectivity index (χ0v) is 13.9. The van der Waals surface area contributed by atoms with E-state index < -0.39 is 0 Å². The molecule has 108 valence electrons. The fourth-order valence-electron chi connectivity index (χ4n) is 2.00. The van der Waals surface area contributed by atoms with E-state index in [1.807, 2.05) is 18.2 Å². The summed E-state index contributed by atoms with van der Waals surface area (Å²) in [5.74, 6) is 0.393. The number of nitrogen functional groups attached to an aromatic ring is 1. The second-order valence-corrected chi connectivity index (χ2v) is 6.20. The SMILES string of the molecule is Nc1cc2c(cc1Nc1c(Br)cccc1Br)NC(=O)CO2. The fraction of sp³-hybridized carbons (Fsp3) is 0.0714. The number of fused-ring (bicyclic) bond motifs is 1. The van der Waals surface area contributed by atoms with Crippen molar-refractivity contribution in [3.63, 3.8) is 0 Å². The summed E-state index contributed by atoms with van der Waals surface area (Å²) in [6.07, 6.45) is 0. The molecule has 0 radical (unpaired) electrons. The number of carbonyl (C=O) groups is 1. The summed E-state index contributed by atoms with van der Waals surface area (Å²) in [7, 11) is 0. The highest BCUT2D eigenvalue weighted by Gasteiger charge is 2.18. The second kappa shape index (κ2) is 5.57. The maximum Gasteiger partial charge on any atom is 0.262 e. The molecular weight excluding hydrogens is 402 g/mol. The van der Waals surface area contributed by atoms with Crippen LogP contribution < -0.4 is 21.1 Å². The van der Waals surface area contributed by atoms with Gasteiger partial charge in [-0.2, -0.15) is 0 Å². The van der Waals surface area contributed by atoms with Gasteiger partial charge >= 0.3 is 0 Å². The Balaban J connectivity index is 1.99. The molecule has 2 aromatic carbocycles. The Labute approximate surface area is 138 Å². The molecule has 21 heavy (non-hydrogen) atoms. The van der Waals surface area contributed by atoms with Gasteiger partial charge in [0.05, 0.1) is 22.7 Å². The van der Waals surface area contributed by atoms with Crippen LogP contribution in [-0.4, -0.2) is 12.5 Å². The first-order valence-electron chi connectivity index (χ1n) is 6.12. The molecule has 0 saturated carbocycles. The lowest BCUT2D eigenvalue weighted by atomic mass is 10.2. The van der Waals surface area contributed by atoms with E-state index in [9.17, 15) is 4.79 Å². The number of halogens is 2. The minimum atomic E-state index is -0.180. The number of carbonyl (C=O) groups excluding carboxylic acids is 1. The largest absolute Gasteiger partial charge is 0.482 e. The highest BCUT2D eigenvalue weighted by atomic mass is 79.9. The van der Waals surface area contributed by atoms with Crippen LogP contribution in [0.3, 0.4) is 0 Å². The van der Waals surface area contributed by atoms with E-state index in [4.69, 9.17) is 10.5 Å². The van der Waals surface area contributed by atoms with Crippen molar-refractivity contribution in [3.8, 4) is 5.75 Å². The van der Waals surface area contributed by atoms with Crippen molar-refractivity contribution in [1.29, 1.82) is 0 Å². The molecule has 0 bridgehead atoms. The maximum atomic E-state index is 11.4. The average Bonchev–Trinajstić information content (AvgIpc) is 2.44. The first-order valence-corrected chi connectivity index (χ1v) is 7.70. The van der Waals surface area contributed by atoms with Crippen molar-refractivity contribution in [1.82, 2.24) is 0 Å². The van der Waals surface area contributed by atoms with Crippen molar-refractivity contribution < 1.29 is 9.53 Å². The number of para-hydroxylation sites is 1. The first-order chi connectivity index (χ1) is 10.0. The Bertz CT molecular complexity index is 714. The van der Waals surface area contributed by atoms with Crippen molar-refractivity contribution in [3.05, 3.63) is 39.3 Å². The lowest BCUT2D eigenvalue weighted by Gasteiger charge is -2.21. The number of hydrogen-bond donors (Lipinski definition) is 3. The van der Waals surface area contributed by atoms with Crippen LogP contribution in [0.2, 0.25) is 0 Å². The highest BCUT2D eigenvalue weighted by Crippen LogP contribution is 2.39. The van der Waals surface area contributed by atoms with E-state index in [1.165, 1.54) is 0 Å². The van der Waals surface area contributed by atoms with Crippen LogP contribution >= 0.6 is 31.9 Å². The summed E-state index contributed by atoms with van der Waals surface area (Å²) < 4.78 is 7.13. The van der Waals surface area contributed by atoms with Gasteiger partial charge in [0.2, 0.25) is 0 Å². The molecule has 7 heteroatoms. The van der Waals surface area contributed by atoms with E-state index in [-0.39, 0.29) is 12.5 Å². The molecule has 2 aromatic rings. The summed E-state index contributed by atoms with van der Waals surface area (Å²) in [5, 5.41) is 6.01. The van der Waals surface area contributed by atoms with E-state index >= 15 is 0 Å². The Hall–Kier alpha value is -1.73. The normalized spacial score (nSPS) is 13.1. The van der Waals surface area contributed by atoms with Crippen molar-refractivity contribution in [2.24, 2.45) is 0 Å². The number of anilines is 4. The van der Waals surface area contributed by atoms with E-state index in [1.54, 1.807) is 12.1 Å². The standard InChI is InChI=1S/C14H11Br2N3O2/c15-7-2-1-3-8(16)14(7)19-10-5-11-12(4-9(10)17)21-6-13(20)18-11/h1-5,19H,6,17H2,(H,18,20). The van der Waals surface area contributed by atoms with Crippen LogP contribution in [0.4, 0.5) is 22.7 Å². The zero-order chi connectivity index (χ0) is 15.0. The fourth-order valence-corrected chi connectivity index (χ4v) is 3.20. The second-order valence-electron chi connectivity index (χ2n) is 4.49. The van der Waals surface area contributed by atoms with Gasteiger partial charge in [0.1, 0.15) is 5.75 Å². The molecule has 0 saturated heterocycles. The van der Waals surface area contributed by atoms with Gasteiger partial charge in [0.25, 0.3) is 5.91 Å². The van der Waals surface area contributed by atoms with Gasteiger partial charge in [-0.15, -0.1) is 0 Å². The van der Waals surface area contributed by atoms with Crippen molar-refractivity contribution >= 4 is 60.5 Å². The lowest BCUT2D eigenvalue weighted by Crippen LogP contribution is -2.25. The lowest BCUT2D eigenvalue weighted by molar-refractivity contribution is -0.118. The molecule has 5 nitrogen and oxygen atoms in total. The van der Waals surface area contributed by atoms with Crippen LogP contribution in [0, 0.1) is 0 Å². The average molecular weight is 413 g/mol. The quantitative estimate of drug-likeness (QED) is 0.654. The molecule has 0 unspecified atom stereocenters. The Morgan fingerprint density at radius 2 is 1.95 bits per heavy atom. The summed E-state index contributed by atoms with van der Waals surface area (Å²) >= 11 is 6.97. The van der Waals surface area contributed by atoms with Crippen LogP contribution in [0.15, 0.2) is 39.3 Å². The minimum absolute atomic E-state index is 0.00893. The third-order valence-corrected chi connectivity index (χ3v) is 4.33. The Morgan fingerprint density at radius 3 is 2.67 bits per heavy atom. The maximum absolute atomic E-state index is 11.4. The molecule has 0 aromatic heterocycles. The van der Waals surface area contributed by atoms with Crippen LogP contribution in [0.5, 0.6) is 5.75 Å². The van der Waals surface area contributed by atoms with E-state index in [2.05, 4.69) is 42.5 Å². The van der Waals surface area contributed by atoms with Gasteiger partial charge in [-0.05, 0) is 50.1 Å². The van der Waals surface area contributed by atoms with Crippen LogP contribution in [0.25, 0.3) is 0 Å². The molecule has 1 aliphatic heterocycles. The molecule has 0 atom stereocenters. The number of nitrogens with two attached hydrogens (primary N) is 1. The Morgan fingerprint density at radius 1 is 1.24 bits per heavy atom. The van der Waals surface area contributed by atoms with E-state index in [0.717, 1.165) is 14.6 Å². The summed E-state index contributed by atoms with van der Waals surface area (Å²) in [4.78, 5) is 11.4. The number of nitrogens with one attached hydrogen (secondary N) is 2. The van der Waals surface area contributed by atoms with Gasteiger partial charge in [-0.1, -0.05) is 6.07 Å². The van der Waals surface area contributed by atoms with Gasteiger partial charge in [-0.3, -0.25) is 4.79 Å². The number of benzene rings is 2. The van der Waals surface area contributed by atoms with Crippen LogP contribution in [-0.2, 0) is 4.79 Å². The first kappa shape index (κ1) is 14.2. The van der Waals surface area contributed by atoms with Gasteiger partial charge in [-0.25, -0.2) is 0 Å². The zero-order valence-electron chi connectivity index (χ0n) is 10.7. The van der Waals surface area contributed by atoms with Gasteiger partial charge in [0, 0.05) is 15.0 Å². The third-order valence-electron chi connectivity index (χ3n) is 3.01.